The van der Waals surface area contributed by atoms with Gasteiger partial charge in [0.15, 0.2) is 8.32 Å². The Morgan fingerprint density at radius 3 is 2.00 bits per heavy atom. The Morgan fingerprint density at radius 2 is 1.50 bits per heavy atom. The van der Waals surface area contributed by atoms with Gasteiger partial charge in [-0.25, -0.2) is 4.79 Å². The van der Waals surface area contributed by atoms with Gasteiger partial charge < -0.3 is 9.16 Å². The molecule has 3 nitrogen and oxygen atoms in total. The van der Waals surface area contributed by atoms with Crippen LogP contribution in [0.1, 0.15) is 86.7 Å². The number of carbonyl (C=O) groups excluding carboxylic acids is 1. The quantitative estimate of drug-likeness (QED) is 0.140. The van der Waals surface area contributed by atoms with Crippen LogP contribution in [0.4, 0.5) is 0 Å². The Bertz CT molecular complexity index is 587. The number of hydrogen-bond acceptors (Lipinski definition) is 3. The molecule has 1 atom stereocenters. The molecule has 0 aliphatic carbocycles. The van der Waals surface area contributed by atoms with Crippen LogP contribution < -0.4 is 0 Å². The van der Waals surface area contributed by atoms with Crippen molar-refractivity contribution in [3.63, 3.8) is 0 Å². The molecule has 158 valence electrons. The molecule has 0 radical (unpaired) electrons. The van der Waals surface area contributed by atoms with Gasteiger partial charge in [0.05, 0.1) is 18.8 Å². The molecule has 0 amide bonds. The van der Waals surface area contributed by atoms with Crippen LogP contribution in [0.15, 0.2) is 36.4 Å². The fourth-order valence-corrected chi connectivity index (χ4v) is 4.28. The van der Waals surface area contributed by atoms with Gasteiger partial charge in [-0.2, -0.15) is 0 Å². The zero-order valence-electron chi connectivity index (χ0n) is 18.7. The van der Waals surface area contributed by atoms with Crippen molar-refractivity contribution < 1.29 is 14.0 Å². The number of rotatable bonds is 14. The first-order chi connectivity index (χ1) is 13.3. The Balaban J connectivity index is 2.61. The van der Waals surface area contributed by atoms with Crippen molar-refractivity contribution >= 4 is 14.3 Å². The first-order valence-electron chi connectivity index (χ1n) is 10.8. The molecule has 1 aromatic rings. The van der Waals surface area contributed by atoms with Crippen LogP contribution in [0.5, 0.6) is 0 Å². The highest BCUT2D eigenvalue weighted by Gasteiger charge is 2.24. The molecule has 0 saturated carbocycles. The van der Waals surface area contributed by atoms with Crippen LogP contribution in [0.25, 0.3) is 0 Å². The van der Waals surface area contributed by atoms with E-state index in [1.807, 2.05) is 24.3 Å². The summed E-state index contributed by atoms with van der Waals surface area (Å²) < 4.78 is 11.2. The first kappa shape index (κ1) is 24.6. The van der Waals surface area contributed by atoms with Crippen molar-refractivity contribution in [1.29, 1.82) is 0 Å². The topological polar surface area (TPSA) is 35.5 Å². The number of ether oxygens (including phenoxy) is 1. The molecule has 0 fully saturated rings. The Labute approximate surface area is 173 Å². The molecule has 1 unspecified atom stereocenters. The van der Waals surface area contributed by atoms with Crippen molar-refractivity contribution in [3.05, 3.63) is 47.5 Å². The number of esters is 1. The standard InChI is InChI=1S/C24H40O3Si/c1-7-8-9-10-11-12-13-14-15-20(2)23(27-28(4,5)6)21-16-18-22(19-17-21)24(25)26-3/h16-19,23H,2,7-15H2,1,3-6H3. The monoisotopic (exact) mass is 404 g/mol. The van der Waals surface area contributed by atoms with Crippen molar-refractivity contribution in [2.45, 2.75) is 90.5 Å². The Morgan fingerprint density at radius 1 is 0.964 bits per heavy atom. The number of methoxy groups -OCH3 is 1. The lowest BCUT2D eigenvalue weighted by Crippen LogP contribution is -2.28. The van der Waals surface area contributed by atoms with Gasteiger partial charge in [0, 0.05) is 0 Å². The molecule has 0 spiro atoms. The highest BCUT2D eigenvalue weighted by atomic mass is 28.4. The van der Waals surface area contributed by atoms with Gasteiger partial charge in [-0.3, -0.25) is 0 Å². The van der Waals surface area contributed by atoms with E-state index < -0.39 is 8.32 Å². The summed E-state index contributed by atoms with van der Waals surface area (Å²) >= 11 is 0. The largest absolute Gasteiger partial charge is 0.465 e. The number of benzene rings is 1. The minimum Gasteiger partial charge on any atom is -0.465 e. The van der Waals surface area contributed by atoms with E-state index >= 15 is 0 Å². The van der Waals surface area contributed by atoms with Crippen LogP contribution in [-0.4, -0.2) is 21.4 Å². The number of unbranched alkanes of at least 4 members (excludes halogenated alkanes) is 7. The molecule has 0 aliphatic rings. The molecule has 0 saturated heterocycles. The second-order valence-corrected chi connectivity index (χ2v) is 13.1. The highest BCUT2D eigenvalue weighted by molar-refractivity contribution is 6.69. The second-order valence-electron chi connectivity index (χ2n) is 8.61. The molecule has 1 aromatic carbocycles. The summed E-state index contributed by atoms with van der Waals surface area (Å²) in [6.07, 6.45) is 11.4. The fourth-order valence-electron chi connectivity index (χ4n) is 3.27. The van der Waals surface area contributed by atoms with Crippen LogP contribution >= 0.6 is 0 Å². The second kappa shape index (κ2) is 12.9. The van der Waals surface area contributed by atoms with Crippen LogP contribution in [-0.2, 0) is 9.16 Å². The van der Waals surface area contributed by atoms with Crippen molar-refractivity contribution in [2.24, 2.45) is 0 Å². The van der Waals surface area contributed by atoms with E-state index in [0.717, 1.165) is 17.6 Å². The van der Waals surface area contributed by atoms with Crippen LogP contribution in [0.3, 0.4) is 0 Å². The zero-order chi connectivity index (χ0) is 21.0. The third-order valence-corrected chi connectivity index (χ3v) is 5.77. The van der Waals surface area contributed by atoms with Gasteiger partial charge in [-0.05, 0) is 55.8 Å². The predicted molar refractivity (Wildman–Crippen MR) is 121 cm³/mol. The Hall–Kier alpha value is -1.39. The van der Waals surface area contributed by atoms with Gasteiger partial charge in [0.2, 0.25) is 0 Å². The summed E-state index contributed by atoms with van der Waals surface area (Å²) in [7, 11) is -0.332. The summed E-state index contributed by atoms with van der Waals surface area (Å²) in [6, 6.07) is 7.56. The fraction of sp³-hybridized carbons (Fsp3) is 0.625. The first-order valence-corrected chi connectivity index (χ1v) is 14.2. The lowest BCUT2D eigenvalue weighted by atomic mass is 9.97. The molecular weight excluding hydrogens is 364 g/mol. The van der Waals surface area contributed by atoms with Gasteiger partial charge in [-0.1, -0.05) is 70.6 Å². The summed E-state index contributed by atoms with van der Waals surface area (Å²) in [4.78, 5) is 11.7. The van der Waals surface area contributed by atoms with Gasteiger partial charge in [-0.15, -0.1) is 0 Å². The molecule has 0 N–H and O–H groups in total. The van der Waals surface area contributed by atoms with Gasteiger partial charge in [0.25, 0.3) is 0 Å². The molecule has 0 aliphatic heterocycles. The summed E-state index contributed by atoms with van der Waals surface area (Å²) in [5, 5.41) is 0. The normalized spacial score (nSPS) is 12.6. The van der Waals surface area contributed by atoms with Crippen LogP contribution in [0.2, 0.25) is 19.6 Å². The maximum atomic E-state index is 11.7. The van der Waals surface area contributed by atoms with E-state index in [1.54, 1.807) is 0 Å². The van der Waals surface area contributed by atoms with E-state index in [1.165, 1.54) is 58.5 Å². The molecule has 0 bridgehead atoms. The van der Waals surface area contributed by atoms with E-state index in [2.05, 4.69) is 33.1 Å². The minimum atomic E-state index is -1.73. The molecule has 28 heavy (non-hydrogen) atoms. The van der Waals surface area contributed by atoms with Crippen molar-refractivity contribution in [3.8, 4) is 0 Å². The molecule has 1 rings (SSSR count). The summed E-state index contributed by atoms with van der Waals surface area (Å²) in [6.45, 7) is 13.2. The zero-order valence-corrected chi connectivity index (χ0v) is 19.7. The van der Waals surface area contributed by atoms with E-state index in [9.17, 15) is 4.79 Å². The molecule has 0 heterocycles. The number of hydrogen-bond donors (Lipinski definition) is 0. The Kier molecular flexibility index (Phi) is 11.4. The lowest BCUT2D eigenvalue weighted by molar-refractivity contribution is 0.0600. The average Bonchev–Trinajstić information content (AvgIpc) is 2.67. The molecular formula is C24H40O3Si. The molecule has 4 heteroatoms. The third-order valence-electron chi connectivity index (χ3n) is 4.83. The van der Waals surface area contributed by atoms with Crippen molar-refractivity contribution in [1.82, 2.24) is 0 Å². The maximum Gasteiger partial charge on any atom is 0.337 e. The third kappa shape index (κ3) is 9.70. The summed E-state index contributed by atoms with van der Waals surface area (Å²) in [5.41, 5.74) is 2.77. The van der Waals surface area contributed by atoms with E-state index in [0.29, 0.717) is 5.56 Å². The molecule has 0 aromatic heterocycles. The summed E-state index contributed by atoms with van der Waals surface area (Å²) in [5.74, 6) is -0.313. The minimum absolute atomic E-state index is 0.0945. The SMILES string of the molecule is C=C(CCCCCCCCCC)C(O[Si](C)(C)C)c1ccc(C(=O)OC)cc1. The maximum absolute atomic E-state index is 11.7. The van der Waals surface area contributed by atoms with Crippen LogP contribution in [0, 0.1) is 0 Å². The smallest absolute Gasteiger partial charge is 0.337 e. The van der Waals surface area contributed by atoms with Gasteiger partial charge >= 0.3 is 5.97 Å². The van der Waals surface area contributed by atoms with E-state index in [-0.39, 0.29) is 12.1 Å². The highest BCUT2D eigenvalue weighted by Crippen LogP contribution is 2.31. The lowest BCUT2D eigenvalue weighted by Gasteiger charge is -2.28. The van der Waals surface area contributed by atoms with Gasteiger partial charge in [0.1, 0.15) is 0 Å². The average molecular weight is 405 g/mol. The van der Waals surface area contributed by atoms with E-state index in [4.69, 9.17) is 9.16 Å². The number of carbonyl (C=O) groups is 1. The van der Waals surface area contributed by atoms with Crippen molar-refractivity contribution in [2.75, 3.05) is 7.11 Å². The predicted octanol–water partition coefficient (Wildman–Crippen LogP) is 7.45.